The van der Waals surface area contributed by atoms with Gasteiger partial charge in [-0.1, -0.05) is 6.92 Å². The molecule has 0 aliphatic carbocycles. The molecule has 17 heavy (non-hydrogen) atoms. The van der Waals surface area contributed by atoms with E-state index in [1.807, 2.05) is 18.5 Å². The van der Waals surface area contributed by atoms with Crippen molar-refractivity contribution in [3.8, 4) is 0 Å². The van der Waals surface area contributed by atoms with Crippen LogP contribution in [-0.2, 0) is 13.6 Å². The van der Waals surface area contributed by atoms with Gasteiger partial charge in [0.1, 0.15) is 11.6 Å². The van der Waals surface area contributed by atoms with E-state index in [1.165, 1.54) is 6.42 Å². The summed E-state index contributed by atoms with van der Waals surface area (Å²) in [6.45, 7) is 9.26. The highest BCUT2D eigenvalue weighted by Crippen LogP contribution is 1.99. The second-order valence-corrected chi connectivity index (χ2v) is 4.64. The van der Waals surface area contributed by atoms with Crippen LogP contribution >= 0.6 is 0 Å². The third-order valence-electron chi connectivity index (χ3n) is 3.45. The Morgan fingerprint density at radius 1 is 1.41 bits per heavy atom. The van der Waals surface area contributed by atoms with Crippen molar-refractivity contribution in [2.75, 3.05) is 20.1 Å². The van der Waals surface area contributed by atoms with Crippen LogP contribution in [0.1, 0.15) is 31.9 Å². The average molecular weight is 239 g/mol. The molecular weight excluding hydrogens is 214 g/mol. The lowest BCUT2D eigenvalue weighted by molar-refractivity contribution is 0.251. The predicted octanol–water partition coefficient (Wildman–Crippen LogP) is 0.943. The Morgan fingerprint density at radius 3 is 2.65 bits per heavy atom. The van der Waals surface area contributed by atoms with Gasteiger partial charge in [-0.25, -0.2) is 0 Å². The zero-order valence-electron chi connectivity index (χ0n) is 11.7. The van der Waals surface area contributed by atoms with Gasteiger partial charge in [0.2, 0.25) is 0 Å². The van der Waals surface area contributed by atoms with Crippen molar-refractivity contribution >= 4 is 0 Å². The van der Waals surface area contributed by atoms with Crippen LogP contribution in [0.2, 0.25) is 0 Å². The number of hydrogen-bond acceptors (Lipinski definition) is 4. The third kappa shape index (κ3) is 4.09. The Hall–Kier alpha value is -0.940. The van der Waals surface area contributed by atoms with Crippen molar-refractivity contribution in [2.45, 2.75) is 39.8 Å². The van der Waals surface area contributed by atoms with Gasteiger partial charge in [-0.3, -0.25) is 0 Å². The van der Waals surface area contributed by atoms with Crippen molar-refractivity contribution < 1.29 is 0 Å². The maximum atomic E-state index is 4.12. The van der Waals surface area contributed by atoms with Gasteiger partial charge in [0.15, 0.2) is 0 Å². The number of likely N-dealkylation sites (N-methyl/N-ethyl adjacent to an activating group) is 1. The second kappa shape index (κ2) is 6.71. The Kier molecular flexibility index (Phi) is 5.58. The summed E-state index contributed by atoms with van der Waals surface area (Å²) in [4.78, 5) is 2.37. The minimum Gasteiger partial charge on any atom is -0.317 e. The molecule has 1 N–H and O–H groups in total. The van der Waals surface area contributed by atoms with Crippen molar-refractivity contribution in [3.63, 3.8) is 0 Å². The fourth-order valence-electron chi connectivity index (χ4n) is 1.59. The van der Waals surface area contributed by atoms with Crippen LogP contribution in [0.5, 0.6) is 0 Å². The van der Waals surface area contributed by atoms with Gasteiger partial charge >= 0.3 is 0 Å². The maximum absolute atomic E-state index is 4.12. The van der Waals surface area contributed by atoms with Gasteiger partial charge < -0.3 is 14.8 Å². The number of nitrogens with one attached hydrogen (secondary N) is 1. The number of rotatable bonds is 7. The van der Waals surface area contributed by atoms with E-state index in [9.17, 15) is 0 Å². The van der Waals surface area contributed by atoms with Crippen molar-refractivity contribution in [1.29, 1.82) is 0 Å². The summed E-state index contributed by atoms with van der Waals surface area (Å²) < 4.78 is 2.02. The number of nitrogens with zero attached hydrogens (tertiary/aromatic N) is 4. The molecule has 0 radical (unpaired) electrons. The molecule has 98 valence electrons. The molecule has 0 amide bonds. The third-order valence-corrected chi connectivity index (χ3v) is 3.45. The van der Waals surface area contributed by atoms with Crippen LogP contribution in [0, 0.1) is 6.92 Å². The highest BCUT2D eigenvalue weighted by Gasteiger charge is 2.06. The number of hydrogen-bond donors (Lipinski definition) is 1. The maximum Gasteiger partial charge on any atom is 0.146 e. The van der Waals surface area contributed by atoms with Crippen LogP contribution in [0.3, 0.4) is 0 Å². The summed E-state index contributed by atoms with van der Waals surface area (Å²) in [7, 11) is 4.17. The van der Waals surface area contributed by atoms with E-state index in [2.05, 4.69) is 41.3 Å². The summed E-state index contributed by atoms with van der Waals surface area (Å²) in [5.74, 6) is 1.95. The van der Waals surface area contributed by atoms with Gasteiger partial charge in [-0.05, 0) is 27.3 Å². The molecule has 1 aromatic rings. The van der Waals surface area contributed by atoms with E-state index in [1.54, 1.807) is 0 Å². The molecule has 1 aromatic heterocycles. The molecule has 0 saturated heterocycles. The first-order valence-electron chi connectivity index (χ1n) is 6.32. The minimum absolute atomic E-state index is 0.647. The average Bonchev–Trinajstić information content (AvgIpc) is 2.64. The fraction of sp³-hybridized carbons (Fsp3) is 0.833. The zero-order valence-corrected chi connectivity index (χ0v) is 11.7. The molecule has 0 bridgehead atoms. The topological polar surface area (TPSA) is 46.0 Å². The van der Waals surface area contributed by atoms with Crippen LogP contribution < -0.4 is 5.32 Å². The standard InChI is InChI=1S/C12H25N5/c1-6-10(2)16(4)8-7-13-9-12-15-14-11(3)17(12)5/h10,13H,6-9H2,1-5H3. The van der Waals surface area contributed by atoms with Gasteiger partial charge in [0, 0.05) is 26.2 Å². The van der Waals surface area contributed by atoms with Crippen LogP contribution in [-0.4, -0.2) is 45.8 Å². The highest BCUT2D eigenvalue weighted by molar-refractivity contribution is 4.91. The summed E-state index contributed by atoms with van der Waals surface area (Å²) >= 11 is 0. The lowest BCUT2D eigenvalue weighted by Gasteiger charge is -2.23. The summed E-state index contributed by atoms with van der Waals surface area (Å²) in [6.07, 6.45) is 1.19. The molecule has 0 aliphatic heterocycles. The first-order chi connectivity index (χ1) is 8.06. The molecule has 0 fully saturated rings. The number of aryl methyl sites for hydroxylation is 1. The first kappa shape index (κ1) is 14.1. The molecular formula is C12H25N5. The molecule has 1 unspecified atom stereocenters. The summed E-state index contributed by atoms with van der Waals surface area (Å²) in [5.41, 5.74) is 0. The van der Waals surface area contributed by atoms with Crippen LogP contribution in [0.15, 0.2) is 0 Å². The van der Waals surface area contributed by atoms with Crippen molar-refractivity contribution in [2.24, 2.45) is 7.05 Å². The SMILES string of the molecule is CCC(C)N(C)CCNCc1nnc(C)n1C. The van der Waals surface area contributed by atoms with Gasteiger partial charge in [0.05, 0.1) is 6.54 Å². The molecule has 1 atom stereocenters. The van der Waals surface area contributed by atoms with Crippen molar-refractivity contribution in [1.82, 2.24) is 25.0 Å². The Labute approximate surface area is 104 Å². The summed E-state index contributed by atoms with van der Waals surface area (Å²) in [6, 6.07) is 0.647. The van der Waals surface area contributed by atoms with Gasteiger partial charge in [0.25, 0.3) is 0 Å². The molecule has 0 spiro atoms. The monoisotopic (exact) mass is 239 g/mol. The van der Waals surface area contributed by atoms with Crippen LogP contribution in [0.4, 0.5) is 0 Å². The predicted molar refractivity (Wildman–Crippen MR) is 69.8 cm³/mol. The van der Waals surface area contributed by atoms with E-state index in [0.29, 0.717) is 6.04 Å². The van der Waals surface area contributed by atoms with E-state index < -0.39 is 0 Å². The van der Waals surface area contributed by atoms with Gasteiger partial charge in [-0.15, -0.1) is 10.2 Å². The smallest absolute Gasteiger partial charge is 0.146 e. The molecule has 0 saturated carbocycles. The van der Waals surface area contributed by atoms with E-state index >= 15 is 0 Å². The Bertz CT molecular complexity index is 334. The second-order valence-electron chi connectivity index (χ2n) is 4.64. The first-order valence-corrected chi connectivity index (χ1v) is 6.32. The molecule has 0 aliphatic rings. The van der Waals surface area contributed by atoms with Crippen molar-refractivity contribution in [3.05, 3.63) is 11.6 Å². The normalized spacial score (nSPS) is 13.3. The Balaban J connectivity index is 2.23. The fourth-order valence-corrected chi connectivity index (χ4v) is 1.59. The quantitative estimate of drug-likeness (QED) is 0.719. The van der Waals surface area contributed by atoms with Crippen LogP contribution in [0.25, 0.3) is 0 Å². The lowest BCUT2D eigenvalue weighted by atomic mass is 10.2. The molecule has 1 rings (SSSR count). The van der Waals surface area contributed by atoms with E-state index in [4.69, 9.17) is 0 Å². The zero-order chi connectivity index (χ0) is 12.8. The van der Waals surface area contributed by atoms with Gasteiger partial charge in [-0.2, -0.15) is 0 Å². The largest absolute Gasteiger partial charge is 0.317 e. The Morgan fingerprint density at radius 2 is 2.12 bits per heavy atom. The highest BCUT2D eigenvalue weighted by atomic mass is 15.3. The van der Waals surface area contributed by atoms with E-state index in [-0.39, 0.29) is 0 Å². The lowest BCUT2D eigenvalue weighted by Crippen LogP contribution is -2.35. The minimum atomic E-state index is 0.647. The molecule has 5 heteroatoms. The molecule has 1 heterocycles. The molecule has 5 nitrogen and oxygen atoms in total. The summed E-state index contributed by atoms with van der Waals surface area (Å²) in [5, 5.41) is 11.6. The number of aromatic nitrogens is 3. The molecule has 0 aromatic carbocycles. The van der Waals surface area contributed by atoms with E-state index in [0.717, 1.165) is 31.3 Å².